The highest BCUT2D eigenvalue weighted by molar-refractivity contribution is 7.98. The zero-order valence-electron chi connectivity index (χ0n) is 19.9. The van der Waals surface area contributed by atoms with E-state index in [4.69, 9.17) is 9.84 Å². The average Bonchev–Trinajstić information content (AvgIpc) is 3.46. The third-order valence-corrected chi connectivity index (χ3v) is 7.54. The zero-order valence-corrected chi connectivity index (χ0v) is 20.8. The van der Waals surface area contributed by atoms with Crippen LogP contribution in [-0.4, -0.2) is 65.2 Å². The molecule has 2 unspecified atom stereocenters. The van der Waals surface area contributed by atoms with E-state index in [0.717, 1.165) is 35.1 Å². The summed E-state index contributed by atoms with van der Waals surface area (Å²) in [5.41, 5.74) is 4.59. The second-order valence-corrected chi connectivity index (χ2v) is 10.0. The molecule has 0 aromatic heterocycles. The van der Waals surface area contributed by atoms with Gasteiger partial charge in [-0.15, -0.1) is 0 Å². The predicted octanol–water partition coefficient (Wildman–Crippen LogP) is 4.50. The summed E-state index contributed by atoms with van der Waals surface area (Å²) in [5.74, 6) is -0.346. The first-order chi connectivity index (χ1) is 17.0. The van der Waals surface area contributed by atoms with Gasteiger partial charge in [-0.2, -0.15) is 11.8 Å². The molecular formula is C27H32N2O5S. The number of ether oxygens (including phenoxy) is 1. The molecule has 4 rings (SSSR count). The van der Waals surface area contributed by atoms with Gasteiger partial charge < -0.3 is 20.1 Å². The molecule has 8 heteroatoms. The number of amides is 2. The van der Waals surface area contributed by atoms with Gasteiger partial charge in [-0.1, -0.05) is 48.5 Å². The van der Waals surface area contributed by atoms with E-state index in [1.807, 2.05) is 30.5 Å². The van der Waals surface area contributed by atoms with Gasteiger partial charge in [-0.25, -0.2) is 4.79 Å². The maximum absolute atomic E-state index is 13.3. The van der Waals surface area contributed by atoms with Crippen molar-refractivity contribution in [2.24, 2.45) is 0 Å². The summed E-state index contributed by atoms with van der Waals surface area (Å²) >= 11 is 1.61. The van der Waals surface area contributed by atoms with Crippen LogP contribution in [0, 0.1) is 0 Å². The fraction of sp³-hybridized carbons (Fsp3) is 0.444. The van der Waals surface area contributed by atoms with Gasteiger partial charge in [-0.3, -0.25) is 9.59 Å². The van der Waals surface area contributed by atoms with Gasteiger partial charge in [0.25, 0.3) is 0 Å². The Hall–Kier alpha value is -3.00. The SMILES string of the molecule is CSCCC(NC(=O)OCC1c2ccccc2-c2ccccc21)C(=O)N1CCCC1CCC(=O)O. The molecule has 1 aliphatic heterocycles. The lowest BCUT2D eigenvalue weighted by molar-refractivity contribution is -0.139. The summed E-state index contributed by atoms with van der Waals surface area (Å²) < 4.78 is 5.66. The number of rotatable bonds is 10. The van der Waals surface area contributed by atoms with Crippen molar-refractivity contribution < 1.29 is 24.2 Å². The van der Waals surface area contributed by atoms with Crippen LogP contribution in [0.3, 0.4) is 0 Å². The summed E-state index contributed by atoms with van der Waals surface area (Å²) in [7, 11) is 0. The molecule has 1 aliphatic carbocycles. The highest BCUT2D eigenvalue weighted by atomic mass is 32.2. The Bertz CT molecular complexity index is 1030. The minimum atomic E-state index is -0.861. The molecule has 2 aromatic rings. The van der Waals surface area contributed by atoms with E-state index in [9.17, 15) is 14.4 Å². The molecular weight excluding hydrogens is 464 g/mol. The quantitative estimate of drug-likeness (QED) is 0.503. The number of benzene rings is 2. The van der Waals surface area contributed by atoms with Gasteiger partial charge in [0.05, 0.1) is 0 Å². The van der Waals surface area contributed by atoms with Crippen LogP contribution in [0.25, 0.3) is 11.1 Å². The van der Waals surface area contributed by atoms with Crippen molar-refractivity contribution in [1.82, 2.24) is 10.2 Å². The van der Waals surface area contributed by atoms with Gasteiger partial charge in [0.2, 0.25) is 5.91 Å². The first-order valence-electron chi connectivity index (χ1n) is 12.1. The highest BCUT2D eigenvalue weighted by Crippen LogP contribution is 2.44. The topological polar surface area (TPSA) is 95.9 Å². The minimum Gasteiger partial charge on any atom is -0.481 e. The standard InChI is InChI=1S/C27H32N2O5S/c1-35-16-14-24(26(32)29-15-6-7-18(29)12-13-25(30)31)28-27(33)34-17-23-21-10-4-2-8-19(21)20-9-3-5-11-22(20)23/h2-5,8-11,18,23-24H,6-7,12-17H2,1H3,(H,28,33)(H,30,31). The Morgan fingerprint density at radius 1 is 1.11 bits per heavy atom. The van der Waals surface area contributed by atoms with Crippen LogP contribution in [-0.2, 0) is 14.3 Å². The van der Waals surface area contributed by atoms with Crippen molar-refractivity contribution in [2.45, 2.75) is 50.1 Å². The second-order valence-electron chi connectivity index (χ2n) is 9.06. The Balaban J connectivity index is 1.40. The summed E-state index contributed by atoms with van der Waals surface area (Å²) in [6.45, 7) is 0.777. The van der Waals surface area contributed by atoms with Crippen LogP contribution in [0.5, 0.6) is 0 Å². The molecule has 2 aromatic carbocycles. The van der Waals surface area contributed by atoms with Gasteiger partial charge in [-0.05, 0) is 59.9 Å². The van der Waals surface area contributed by atoms with Crippen LogP contribution in [0.15, 0.2) is 48.5 Å². The number of carboxylic acids is 1. The van der Waals surface area contributed by atoms with Gasteiger partial charge in [0, 0.05) is 24.9 Å². The van der Waals surface area contributed by atoms with E-state index in [2.05, 4.69) is 29.6 Å². The number of alkyl carbamates (subject to hydrolysis) is 1. The fourth-order valence-corrected chi connectivity index (χ4v) is 5.66. The number of aliphatic carboxylic acids is 1. The Labute approximate surface area is 210 Å². The molecule has 186 valence electrons. The van der Waals surface area contributed by atoms with Crippen LogP contribution in [0.4, 0.5) is 4.79 Å². The largest absolute Gasteiger partial charge is 0.481 e. The molecule has 2 aliphatic rings. The number of carbonyl (C=O) groups is 3. The Morgan fingerprint density at radius 3 is 2.40 bits per heavy atom. The number of nitrogens with zero attached hydrogens (tertiary/aromatic N) is 1. The van der Waals surface area contributed by atoms with E-state index < -0.39 is 18.1 Å². The van der Waals surface area contributed by atoms with E-state index in [1.54, 1.807) is 16.7 Å². The molecule has 7 nitrogen and oxygen atoms in total. The summed E-state index contributed by atoms with van der Waals surface area (Å²) in [6.07, 6.45) is 3.94. The smallest absolute Gasteiger partial charge is 0.407 e. The molecule has 0 radical (unpaired) electrons. The molecule has 1 saturated heterocycles. The fourth-order valence-electron chi connectivity index (χ4n) is 5.19. The number of hydrogen-bond acceptors (Lipinski definition) is 5. The van der Waals surface area contributed by atoms with Crippen LogP contribution in [0.1, 0.15) is 49.1 Å². The van der Waals surface area contributed by atoms with E-state index in [-0.39, 0.29) is 30.9 Å². The van der Waals surface area contributed by atoms with Crippen LogP contribution >= 0.6 is 11.8 Å². The number of hydrogen-bond donors (Lipinski definition) is 2. The Kier molecular flexibility index (Phi) is 8.33. The van der Waals surface area contributed by atoms with Crippen LogP contribution < -0.4 is 5.32 Å². The van der Waals surface area contributed by atoms with Crippen LogP contribution in [0.2, 0.25) is 0 Å². The molecule has 1 fully saturated rings. The van der Waals surface area contributed by atoms with Crippen molar-refractivity contribution in [3.8, 4) is 11.1 Å². The molecule has 35 heavy (non-hydrogen) atoms. The highest BCUT2D eigenvalue weighted by Gasteiger charge is 2.34. The summed E-state index contributed by atoms with van der Waals surface area (Å²) in [4.78, 5) is 38.9. The van der Waals surface area contributed by atoms with Crippen molar-refractivity contribution in [3.05, 3.63) is 59.7 Å². The molecule has 2 N–H and O–H groups in total. The molecule has 2 amide bonds. The van der Waals surface area contributed by atoms with E-state index in [1.165, 1.54) is 0 Å². The lowest BCUT2D eigenvalue weighted by Gasteiger charge is -2.29. The second kappa shape index (κ2) is 11.6. The number of nitrogens with one attached hydrogen (secondary N) is 1. The lowest BCUT2D eigenvalue weighted by Crippen LogP contribution is -2.50. The summed E-state index contributed by atoms with van der Waals surface area (Å²) in [6, 6.07) is 15.5. The van der Waals surface area contributed by atoms with E-state index in [0.29, 0.717) is 25.1 Å². The maximum Gasteiger partial charge on any atom is 0.407 e. The first kappa shape index (κ1) is 25.1. The van der Waals surface area contributed by atoms with Crippen molar-refractivity contribution in [1.29, 1.82) is 0 Å². The van der Waals surface area contributed by atoms with Gasteiger partial charge >= 0.3 is 12.1 Å². The molecule has 0 saturated carbocycles. The maximum atomic E-state index is 13.3. The number of thioether (sulfide) groups is 1. The van der Waals surface area contributed by atoms with E-state index >= 15 is 0 Å². The lowest BCUT2D eigenvalue weighted by atomic mass is 9.98. The third kappa shape index (κ3) is 5.81. The van der Waals surface area contributed by atoms with Crippen molar-refractivity contribution >= 4 is 29.7 Å². The molecule has 1 heterocycles. The molecule has 0 bridgehead atoms. The van der Waals surface area contributed by atoms with Gasteiger partial charge in [0.15, 0.2) is 0 Å². The number of carboxylic acid groups (broad SMARTS) is 1. The first-order valence-corrected chi connectivity index (χ1v) is 13.5. The summed E-state index contributed by atoms with van der Waals surface area (Å²) in [5, 5.41) is 11.8. The molecule has 0 spiro atoms. The average molecular weight is 497 g/mol. The minimum absolute atomic E-state index is 0.0315. The number of likely N-dealkylation sites (tertiary alicyclic amines) is 1. The number of carbonyl (C=O) groups excluding carboxylic acids is 2. The van der Waals surface area contributed by atoms with Crippen molar-refractivity contribution in [2.75, 3.05) is 25.2 Å². The molecule has 2 atom stereocenters. The van der Waals surface area contributed by atoms with Gasteiger partial charge in [0.1, 0.15) is 12.6 Å². The normalized spacial score (nSPS) is 17.5. The number of fused-ring (bicyclic) bond motifs is 3. The monoisotopic (exact) mass is 496 g/mol. The van der Waals surface area contributed by atoms with Crippen molar-refractivity contribution in [3.63, 3.8) is 0 Å². The zero-order chi connectivity index (χ0) is 24.8. The Morgan fingerprint density at radius 2 is 1.77 bits per heavy atom. The third-order valence-electron chi connectivity index (χ3n) is 6.90. The predicted molar refractivity (Wildman–Crippen MR) is 137 cm³/mol.